The number of rotatable bonds is 9. The molecule has 2 N–H and O–H groups in total. The Morgan fingerprint density at radius 3 is 2.33 bits per heavy atom. The van der Waals surface area contributed by atoms with Crippen molar-refractivity contribution in [3.63, 3.8) is 0 Å². The fourth-order valence-corrected chi connectivity index (χ4v) is 1.96. The first-order valence-electron chi connectivity index (χ1n) is 6.43. The van der Waals surface area contributed by atoms with Crippen LogP contribution in [-0.4, -0.2) is 17.9 Å². The topological polar surface area (TPSA) is 32.3 Å². The van der Waals surface area contributed by atoms with Crippen LogP contribution in [0.15, 0.2) is 0 Å². The molecule has 1 atom stereocenters. The van der Waals surface area contributed by atoms with E-state index in [0.717, 1.165) is 13.0 Å². The monoisotopic (exact) mass is 215 g/mol. The molecule has 0 aromatic rings. The molecule has 0 aliphatic heterocycles. The molecule has 0 spiro atoms. The van der Waals surface area contributed by atoms with E-state index in [4.69, 9.17) is 0 Å². The zero-order valence-electron chi connectivity index (χ0n) is 11.0. The fraction of sp³-hybridized carbons (Fsp3) is 1.00. The van der Waals surface area contributed by atoms with Gasteiger partial charge in [0.2, 0.25) is 0 Å². The molecule has 0 aliphatic carbocycles. The molecule has 0 aliphatic rings. The van der Waals surface area contributed by atoms with Crippen molar-refractivity contribution >= 4 is 0 Å². The van der Waals surface area contributed by atoms with Gasteiger partial charge in [-0.1, -0.05) is 53.4 Å². The van der Waals surface area contributed by atoms with Gasteiger partial charge >= 0.3 is 0 Å². The molecule has 0 fully saturated rings. The minimum Gasteiger partial charge on any atom is -0.379 e. The summed E-state index contributed by atoms with van der Waals surface area (Å²) in [5, 5.41) is 12.7. The average molecular weight is 215 g/mol. The summed E-state index contributed by atoms with van der Waals surface area (Å²) in [6.07, 6.45) is 6.99. The quantitative estimate of drug-likeness (QED) is 0.457. The summed E-state index contributed by atoms with van der Waals surface area (Å²) in [5.41, 5.74) is 0.259. The van der Waals surface area contributed by atoms with E-state index in [9.17, 15) is 5.11 Å². The molecule has 0 aromatic carbocycles. The third-order valence-electron chi connectivity index (χ3n) is 2.89. The Labute approximate surface area is 95.5 Å². The highest BCUT2D eigenvalue weighted by Gasteiger charge is 2.20. The van der Waals surface area contributed by atoms with Crippen LogP contribution in [0.1, 0.15) is 66.2 Å². The average Bonchev–Trinajstić information content (AvgIpc) is 2.12. The van der Waals surface area contributed by atoms with Crippen LogP contribution < -0.4 is 5.32 Å². The Hall–Kier alpha value is -0.0800. The maximum Gasteiger partial charge on any atom is 0.105 e. The lowest BCUT2D eigenvalue weighted by Crippen LogP contribution is -2.33. The predicted octanol–water partition coefficient (Wildman–Crippen LogP) is 3.30. The van der Waals surface area contributed by atoms with Gasteiger partial charge in [-0.25, -0.2) is 0 Å². The number of hydrogen-bond donors (Lipinski definition) is 2. The van der Waals surface area contributed by atoms with E-state index in [1.165, 1.54) is 32.1 Å². The van der Waals surface area contributed by atoms with E-state index in [2.05, 4.69) is 26.1 Å². The molecule has 0 bridgehead atoms. The second kappa shape index (κ2) is 8.12. The van der Waals surface area contributed by atoms with Crippen molar-refractivity contribution in [3.05, 3.63) is 0 Å². The molecule has 0 heterocycles. The van der Waals surface area contributed by atoms with E-state index in [0.29, 0.717) is 0 Å². The van der Waals surface area contributed by atoms with Crippen LogP contribution in [0.3, 0.4) is 0 Å². The van der Waals surface area contributed by atoms with Crippen molar-refractivity contribution in [2.24, 2.45) is 5.41 Å². The van der Waals surface area contributed by atoms with Crippen molar-refractivity contribution in [1.82, 2.24) is 5.32 Å². The Morgan fingerprint density at radius 1 is 1.13 bits per heavy atom. The molecule has 0 radical (unpaired) electrons. The lowest BCUT2D eigenvalue weighted by Gasteiger charge is -2.27. The molecule has 15 heavy (non-hydrogen) atoms. The van der Waals surface area contributed by atoms with E-state index in [1.807, 2.05) is 6.92 Å². The Balaban J connectivity index is 3.65. The highest BCUT2D eigenvalue weighted by molar-refractivity contribution is 4.72. The summed E-state index contributed by atoms with van der Waals surface area (Å²) in [6.45, 7) is 9.60. The summed E-state index contributed by atoms with van der Waals surface area (Å²) < 4.78 is 0. The SMILES string of the molecule is CCCCCCC(C)(C)CC(O)NCC. The van der Waals surface area contributed by atoms with Crippen LogP contribution >= 0.6 is 0 Å². The first-order valence-corrected chi connectivity index (χ1v) is 6.43. The zero-order valence-corrected chi connectivity index (χ0v) is 11.0. The van der Waals surface area contributed by atoms with Gasteiger partial charge in [0.25, 0.3) is 0 Å². The van der Waals surface area contributed by atoms with Crippen molar-refractivity contribution in [2.45, 2.75) is 72.4 Å². The molecule has 0 amide bonds. The van der Waals surface area contributed by atoms with Crippen LogP contribution in [0.2, 0.25) is 0 Å². The minimum absolute atomic E-state index is 0.259. The van der Waals surface area contributed by atoms with Gasteiger partial charge in [-0.05, 0) is 24.8 Å². The van der Waals surface area contributed by atoms with Gasteiger partial charge in [0.1, 0.15) is 6.23 Å². The van der Waals surface area contributed by atoms with Gasteiger partial charge in [0, 0.05) is 0 Å². The molecule has 0 rings (SSSR count). The molecule has 92 valence electrons. The van der Waals surface area contributed by atoms with Gasteiger partial charge in [0.15, 0.2) is 0 Å². The van der Waals surface area contributed by atoms with E-state index in [1.54, 1.807) is 0 Å². The first-order chi connectivity index (χ1) is 7.02. The van der Waals surface area contributed by atoms with Gasteiger partial charge in [-0.3, -0.25) is 5.32 Å². The molecule has 0 saturated carbocycles. The van der Waals surface area contributed by atoms with Crippen LogP contribution in [0.4, 0.5) is 0 Å². The second-order valence-corrected chi connectivity index (χ2v) is 5.25. The lowest BCUT2D eigenvalue weighted by atomic mass is 9.83. The summed E-state index contributed by atoms with van der Waals surface area (Å²) in [6, 6.07) is 0. The second-order valence-electron chi connectivity index (χ2n) is 5.25. The Morgan fingerprint density at radius 2 is 1.80 bits per heavy atom. The normalized spacial score (nSPS) is 14.2. The highest BCUT2D eigenvalue weighted by Crippen LogP contribution is 2.28. The van der Waals surface area contributed by atoms with Crippen molar-refractivity contribution in [2.75, 3.05) is 6.54 Å². The summed E-state index contributed by atoms with van der Waals surface area (Å²) in [7, 11) is 0. The van der Waals surface area contributed by atoms with Gasteiger partial charge in [-0.2, -0.15) is 0 Å². The molecule has 0 aromatic heterocycles. The summed E-state index contributed by atoms with van der Waals surface area (Å²) >= 11 is 0. The minimum atomic E-state index is -0.337. The first kappa shape index (κ1) is 14.9. The molecule has 2 heteroatoms. The zero-order chi connectivity index (χ0) is 11.7. The van der Waals surface area contributed by atoms with E-state index >= 15 is 0 Å². The Bertz CT molecular complexity index is 145. The number of unbranched alkanes of at least 4 members (excludes halogenated alkanes) is 3. The van der Waals surface area contributed by atoms with Crippen molar-refractivity contribution in [3.8, 4) is 0 Å². The highest BCUT2D eigenvalue weighted by atomic mass is 16.3. The van der Waals surface area contributed by atoms with Crippen LogP contribution in [0, 0.1) is 5.41 Å². The number of hydrogen-bond acceptors (Lipinski definition) is 2. The van der Waals surface area contributed by atoms with Crippen LogP contribution in [-0.2, 0) is 0 Å². The van der Waals surface area contributed by atoms with Crippen molar-refractivity contribution in [1.29, 1.82) is 0 Å². The third-order valence-corrected chi connectivity index (χ3v) is 2.89. The van der Waals surface area contributed by atoms with E-state index < -0.39 is 0 Å². The fourth-order valence-electron chi connectivity index (χ4n) is 1.96. The number of aliphatic hydroxyl groups excluding tert-OH is 1. The van der Waals surface area contributed by atoms with Crippen molar-refractivity contribution < 1.29 is 5.11 Å². The number of nitrogens with one attached hydrogen (secondary N) is 1. The van der Waals surface area contributed by atoms with Gasteiger partial charge in [-0.15, -0.1) is 0 Å². The Kier molecular flexibility index (Phi) is 8.07. The smallest absolute Gasteiger partial charge is 0.105 e. The molecular formula is C13H29NO. The van der Waals surface area contributed by atoms with Gasteiger partial charge < -0.3 is 5.11 Å². The lowest BCUT2D eigenvalue weighted by molar-refractivity contribution is 0.0809. The number of aliphatic hydroxyl groups is 1. The maximum atomic E-state index is 9.68. The van der Waals surface area contributed by atoms with Gasteiger partial charge in [0.05, 0.1) is 0 Å². The van der Waals surface area contributed by atoms with E-state index in [-0.39, 0.29) is 11.6 Å². The molecule has 1 unspecified atom stereocenters. The predicted molar refractivity (Wildman–Crippen MR) is 66.8 cm³/mol. The third kappa shape index (κ3) is 8.88. The molecule has 2 nitrogen and oxygen atoms in total. The summed E-state index contributed by atoms with van der Waals surface area (Å²) in [4.78, 5) is 0. The maximum absolute atomic E-state index is 9.68. The largest absolute Gasteiger partial charge is 0.379 e. The van der Waals surface area contributed by atoms with Crippen LogP contribution in [0.25, 0.3) is 0 Å². The summed E-state index contributed by atoms with van der Waals surface area (Å²) in [5.74, 6) is 0. The molecule has 0 saturated heterocycles. The van der Waals surface area contributed by atoms with Crippen LogP contribution in [0.5, 0.6) is 0 Å². The molecular weight excluding hydrogens is 186 g/mol. The standard InChI is InChI=1S/C13H29NO/c1-5-7-8-9-10-13(3,4)11-12(15)14-6-2/h12,14-15H,5-11H2,1-4H3.